The van der Waals surface area contributed by atoms with Gasteiger partial charge in [0.05, 0.1) is 7.11 Å². The summed E-state index contributed by atoms with van der Waals surface area (Å²) in [6, 6.07) is 7.96. The Morgan fingerprint density at radius 3 is 2.62 bits per heavy atom. The zero-order chi connectivity index (χ0) is 15.4. The van der Waals surface area contributed by atoms with Crippen LogP contribution in [0.1, 0.15) is 11.1 Å². The highest BCUT2D eigenvalue weighted by Crippen LogP contribution is 2.35. The van der Waals surface area contributed by atoms with Crippen LogP contribution in [0.5, 0.6) is 11.5 Å². The first kappa shape index (κ1) is 16.1. The number of ether oxygens (including phenoxy) is 2. The number of hydrogen-bond donors (Lipinski definition) is 1. The van der Waals surface area contributed by atoms with Gasteiger partial charge in [-0.05, 0) is 29.8 Å². The van der Waals surface area contributed by atoms with Crippen molar-refractivity contribution < 1.29 is 13.9 Å². The fraction of sp³-hybridized carbons (Fsp3) is 0.200. The zero-order valence-corrected chi connectivity index (χ0v) is 13.7. The van der Waals surface area contributed by atoms with Crippen LogP contribution in [0, 0.1) is 5.82 Å². The van der Waals surface area contributed by atoms with Crippen molar-refractivity contribution in [1.82, 2.24) is 0 Å². The first-order valence-corrected chi connectivity index (χ1v) is 7.35. The van der Waals surface area contributed by atoms with E-state index in [1.54, 1.807) is 18.2 Å². The molecule has 0 heterocycles. The molecule has 2 N–H and O–H groups in total. The van der Waals surface area contributed by atoms with Crippen LogP contribution in [0.4, 0.5) is 4.39 Å². The van der Waals surface area contributed by atoms with E-state index in [0.29, 0.717) is 26.6 Å². The molecular weight excluding hydrogens is 361 g/mol. The van der Waals surface area contributed by atoms with Crippen LogP contribution in [-0.4, -0.2) is 7.11 Å². The Morgan fingerprint density at radius 2 is 2.00 bits per heavy atom. The third-order valence-electron chi connectivity index (χ3n) is 2.84. The maximum atomic E-state index is 13.3. The lowest BCUT2D eigenvalue weighted by molar-refractivity contribution is 0.281. The van der Waals surface area contributed by atoms with Crippen molar-refractivity contribution in [2.75, 3.05) is 7.11 Å². The zero-order valence-electron chi connectivity index (χ0n) is 11.3. The van der Waals surface area contributed by atoms with Gasteiger partial charge in [-0.1, -0.05) is 27.5 Å². The quantitative estimate of drug-likeness (QED) is 0.849. The predicted octanol–water partition coefficient (Wildman–Crippen LogP) is 4.29. The topological polar surface area (TPSA) is 44.5 Å². The second-order valence-corrected chi connectivity index (χ2v) is 5.72. The summed E-state index contributed by atoms with van der Waals surface area (Å²) < 4.78 is 25.0. The molecule has 0 aromatic heterocycles. The molecule has 2 aromatic rings. The lowest BCUT2D eigenvalue weighted by Gasteiger charge is -2.15. The van der Waals surface area contributed by atoms with Gasteiger partial charge in [0.15, 0.2) is 11.5 Å². The molecule has 6 heteroatoms. The number of rotatable bonds is 5. The summed E-state index contributed by atoms with van der Waals surface area (Å²) in [5.74, 6) is 0.688. The van der Waals surface area contributed by atoms with Gasteiger partial charge in [-0.25, -0.2) is 4.39 Å². The van der Waals surface area contributed by atoms with Crippen LogP contribution in [0.15, 0.2) is 34.8 Å². The normalized spacial score (nSPS) is 10.5. The van der Waals surface area contributed by atoms with E-state index in [4.69, 9.17) is 26.8 Å². The summed E-state index contributed by atoms with van der Waals surface area (Å²) in [7, 11) is 1.53. The van der Waals surface area contributed by atoms with Crippen LogP contribution in [-0.2, 0) is 13.2 Å². The highest BCUT2D eigenvalue weighted by atomic mass is 79.9. The van der Waals surface area contributed by atoms with Crippen molar-refractivity contribution >= 4 is 27.5 Å². The van der Waals surface area contributed by atoms with E-state index >= 15 is 0 Å². The number of nitrogens with two attached hydrogens (primary N) is 1. The monoisotopic (exact) mass is 373 g/mol. The summed E-state index contributed by atoms with van der Waals surface area (Å²) in [6.07, 6.45) is 0. The average molecular weight is 375 g/mol. The molecule has 0 fully saturated rings. The Morgan fingerprint density at radius 1 is 1.24 bits per heavy atom. The van der Waals surface area contributed by atoms with Crippen molar-refractivity contribution in [2.45, 2.75) is 13.2 Å². The van der Waals surface area contributed by atoms with E-state index < -0.39 is 0 Å². The van der Waals surface area contributed by atoms with E-state index in [-0.39, 0.29) is 19.0 Å². The highest BCUT2D eigenvalue weighted by Gasteiger charge is 2.12. The minimum Gasteiger partial charge on any atom is -0.493 e. The molecule has 21 heavy (non-hydrogen) atoms. The Balaban J connectivity index is 2.26. The summed E-state index contributed by atoms with van der Waals surface area (Å²) in [5, 5.41) is 0.521. The minimum atomic E-state index is -0.329. The maximum absolute atomic E-state index is 13.3. The van der Waals surface area contributed by atoms with Gasteiger partial charge in [0, 0.05) is 27.7 Å². The summed E-state index contributed by atoms with van der Waals surface area (Å²) in [5.41, 5.74) is 7.13. The van der Waals surface area contributed by atoms with E-state index in [0.717, 1.165) is 5.56 Å². The van der Waals surface area contributed by atoms with Crippen LogP contribution in [0.25, 0.3) is 0 Å². The first-order chi connectivity index (χ1) is 10.0. The van der Waals surface area contributed by atoms with E-state index in [1.807, 2.05) is 0 Å². The molecule has 0 atom stereocenters. The molecule has 112 valence electrons. The highest BCUT2D eigenvalue weighted by molar-refractivity contribution is 9.10. The van der Waals surface area contributed by atoms with Crippen LogP contribution in [0.3, 0.4) is 0 Å². The molecule has 0 aliphatic carbocycles. The standard InChI is InChI=1S/C15H14BrClFNO2/c1-20-14-6-12(17)4-10(7-19)15(14)21-8-9-2-11(16)5-13(18)3-9/h2-6H,7-8,19H2,1H3. The SMILES string of the molecule is COc1cc(Cl)cc(CN)c1OCc1cc(F)cc(Br)c1. The molecule has 0 bridgehead atoms. The van der Waals surface area contributed by atoms with Gasteiger partial charge in [-0.3, -0.25) is 0 Å². The van der Waals surface area contributed by atoms with E-state index in [2.05, 4.69) is 15.9 Å². The molecule has 0 spiro atoms. The largest absolute Gasteiger partial charge is 0.493 e. The lowest BCUT2D eigenvalue weighted by atomic mass is 10.2. The molecule has 3 nitrogen and oxygen atoms in total. The summed E-state index contributed by atoms with van der Waals surface area (Å²) in [4.78, 5) is 0. The van der Waals surface area contributed by atoms with Gasteiger partial charge in [-0.15, -0.1) is 0 Å². The second kappa shape index (κ2) is 7.11. The number of benzene rings is 2. The van der Waals surface area contributed by atoms with Gasteiger partial charge in [-0.2, -0.15) is 0 Å². The maximum Gasteiger partial charge on any atom is 0.166 e. The molecule has 0 saturated heterocycles. The van der Waals surface area contributed by atoms with Crippen LogP contribution >= 0.6 is 27.5 Å². The third kappa shape index (κ3) is 4.09. The smallest absolute Gasteiger partial charge is 0.166 e. The molecule has 0 saturated carbocycles. The molecule has 0 radical (unpaired) electrons. The average Bonchev–Trinajstić information content (AvgIpc) is 2.43. The molecule has 0 unspecified atom stereocenters. The first-order valence-electron chi connectivity index (χ1n) is 6.17. The van der Waals surface area contributed by atoms with Crippen LogP contribution < -0.4 is 15.2 Å². The van der Waals surface area contributed by atoms with Gasteiger partial charge < -0.3 is 15.2 Å². The Bertz CT molecular complexity index is 606. The van der Waals surface area contributed by atoms with Gasteiger partial charge in [0.25, 0.3) is 0 Å². The van der Waals surface area contributed by atoms with Gasteiger partial charge in [0.1, 0.15) is 12.4 Å². The Hall–Kier alpha value is -1.30. The molecule has 0 aliphatic heterocycles. The van der Waals surface area contributed by atoms with E-state index in [1.165, 1.54) is 19.2 Å². The third-order valence-corrected chi connectivity index (χ3v) is 3.52. The van der Waals surface area contributed by atoms with Crippen molar-refractivity contribution in [2.24, 2.45) is 5.73 Å². The fourth-order valence-electron chi connectivity index (χ4n) is 1.94. The molecule has 2 rings (SSSR count). The minimum absolute atomic E-state index is 0.196. The van der Waals surface area contributed by atoms with Crippen LogP contribution in [0.2, 0.25) is 5.02 Å². The number of methoxy groups -OCH3 is 1. The van der Waals surface area contributed by atoms with Crippen molar-refractivity contribution in [3.05, 3.63) is 56.8 Å². The summed E-state index contributed by atoms with van der Waals surface area (Å²) in [6.45, 7) is 0.459. The van der Waals surface area contributed by atoms with Gasteiger partial charge in [0.2, 0.25) is 0 Å². The summed E-state index contributed by atoms with van der Waals surface area (Å²) >= 11 is 9.24. The Kier molecular flexibility index (Phi) is 5.45. The van der Waals surface area contributed by atoms with Crippen molar-refractivity contribution in [1.29, 1.82) is 0 Å². The molecule has 0 aliphatic rings. The lowest BCUT2D eigenvalue weighted by Crippen LogP contribution is -2.05. The number of halogens is 3. The van der Waals surface area contributed by atoms with Crippen molar-refractivity contribution in [3.63, 3.8) is 0 Å². The van der Waals surface area contributed by atoms with Crippen molar-refractivity contribution in [3.8, 4) is 11.5 Å². The molecular formula is C15H14BrClFNO2. The second-order valence-electron chi connectivity index (χ2n) is 4.37. The Labute approximate surface area is 135 Å². The van der Waals surface area contributed by atoms with Gasteiger partial charge >= 0.3 is 0 Å². The predicted molar refractivity (Wildman–Crippen MR) is 84.3 cm³/mol. The van der Waals surface area contributed by atoms with E-state index in [9.17, 15) is 4.39 Å². The number of hydrogen-bond acceptors (Lipinski definition) is 3. The molecule has 0 amide bonds. The molecule has 2 aromatic carbocycles. The fourth-order valence-corrected chi connectivity index (χ4v) is 2.68.